The third-order valence-electron chi connectivity index (χ3n) is 7.21. The molecule has 0 spiro atoms. The van der Waals surface area contributed by atoms with E-state index < -0.39 is 5.97 Å². The Hall–Kier alpha value is -3.22. The molecule has 2 aromatic carbocycles. The number of benzene rings is 2. The van der Waals surface area contributed by atoms with Crippen LogP contribution in [0.1, 0.15) is 102 Å². The molecule has 0 saturated heterocycles. The van der Waals surface area contributed by atoms with Crippen molar-refractivity contribution in [1.29, 1.82) is 0 Å². The zero-order valence-corrected chi connectivity index (χ0v) is 19.3. The standard InChI is InChI=1S/C27H31NO6/c29-16-34-23-14-13-19(22(30)15-17-7-3-1-4-8-17)24-21(27(32)33)12-11-20(25(23)24)26(31)28-18-9-5-2-6-10-18/h11-14,16-18H,1-10,15H2,(H,28,31)(H,32,33). The van der Waals surface area contributed by atoms with Crippen molar-refractivity contribution in [3.05, 3.63) is 41.0 Å². The second-order valence-corrected chi connectivity index (χ2v) is 9.48. The molecule has 7 nitrogen and oxygen atoms in total. The molecule has 0 aliphatic heterocycles. The fraction of sp³-hybridized carbons (Fsp3) is 0.481. The van der Waals surface area contributed by atoms with Gasteiger partial charge in [0.05, 0.1) is 11.1 Å². The van der Waals surface area contributed by atoms with E-state index in [1.54, 1.807) is 0 Å². The van der Waals surface area contributed by atoms with E-state index in [4.69, 9.17) is 4.74 Å². The number of fused-ring (bicyclic) bond motifs is 1. The Kier molecular flexibility index (Phi) is 7.60. The van der Waals surface area contributed by atoms with E-state index in [-0.39, 0.29) is 63.3 Å². The van der Waals surface area contributed by atoms with Crippen molar-refractivity contribution in [1.82, 2.24) is 5.32 Å². The van der Waals surface area contributed by atoms with Gasteiger partial charge in [0.1, 0.15) is 5.75 Å². The van der Waals surface area contributed by atoms with Gasteiger partial charge in [0, 0.05) is 28.8 Å². The lowest BCUT2D eigenvalue weighted by Gasteiger charge is -2.24. The molecule has 2 aromatic rings. The van der Waals surface area contributed by atoms with Gasteiger partial charge in [0.2, 0.25) is 0 Å². The van der Waals surface area contributed by atoms with Crippen LogP contribution in [0.4, 0.5) is 0 Å². The van der Waals surface area contributed by atoms with Crippen molar-refractivity contribution < 1.29 is 29.0 Å². The number of carbonyl (C=O) groups is 4. The van der Waals surface area contributed by atoms with Gasteiger partial charge in [0.25, 0.3) is 12.4 Å². The minimum absolute atomic E-state index is 0.0435. The summed E-state index contributed by atoms with van der Waals surface area (Å²) in [6.07, 6.45) is 10.7. The summed E-state index contributed by atoms with van der Waals surface area (Å²) in [5.74, 6) is -1.38. The zero-order chi connectivity index (χ0) is 24.1. The summed E-state index contributed by atoms with van der Waals surface area (Å²) >= 11 is 0. The molecule has 0 bridgehead atoms. The quantitative estimate of drug-likeness (QED) is 0.405. The summed E-state index contributed by atoms with van der Waals surface area (Å²) in [5.41, 5.74) is 0.367. The highest BCUT2D eigenvalue weighted by atomic mass is 16.5. The van der Waals surface area contributed by atoms with Gasteiger partial charge < -0.3 is 15.2 Å². The second-order valence-electron chi connectivity index (χ2n) is 9.48. The number of amides is 1. The van der Waals surface area contributed by atoms with Crippen LogP contribution in [-0.2, 0) is 4.79 Å². The number of carbonyl (C=O) groups excluding carboxylic acids is 3. The lowest BCUT2D eigenvalue weighted by molar-refractivity contribution is -0.120. The SMILES string of the molecule is O=COc1ccc(C(=O)CC2CCCCC2)c2c(C(=O)O)ccc(C(=O)NC3CCCCC3)c12. The molecule has 2 saturated carbocycles. The van der Waals surface area contributed by atoms with Crippen LogP contribution >= 0.6 is 0 Å². The number of aromatic carboxylic acids is 1. The van der Waals surface area contributed by atoms with Crippen molar-refractivity contribution in [2.45, 2.75) is 76.7 Å². The largest absolute Gasteiger partial charge is 0.478 e. The van der Waals surface area contributed by atoms with Gasteiger partial charge in [-0.05, 0) is 43.0 Å². The van der Waals surface area contributed by atoms with Crippen molar-refractivity contribution in [2.24, 2.45) is 5.92 Å². The molecule has 0 atom stereocenters. The maximum absolute atomic E-state index is 13.4. The van der Waals surface area contributed by atoms with Crippen LogP contribution in [0.2, 0.25) is 0 Å². The number of ketones is 1. The molecule has 180 valence electrons. The van der Waals surface area contributed by atoms with Crippen LogP contribution < -0.4 is 10.1 Å². The Morgan fingerprint density at radius 2 is 1.47 bits per heavy atom. The molecule has 0 unspecified atom stereocenters. The van der Waals surface area contributed by atoms with E-state index in [2.05, 4.69) is 5.32 Å². The van der Waals surface area contributed by atoms with Crippen LogP contribution in [0.3, 0.4) is 0 Å². The highest BCUT2D eigenvalue weighted by Gasteiger charge is 2.27. The summed E-state index contributed by atoms with van der Waals surface area (Å²) in [6.45, 7) is 0.245. The monoisotopic (exact) mass is 465 g/mol. The topological polar surface area (TPSA) is 110 Å². The molecule has 2 N–H and O–H groups in total. The third-order valence-corrected chi connectivity index (χ3v) is 7.21. The van der Waals surface area contributed by atoms with Crippen molar-refractivity contribution in [3.63, 3.8) is 0 Å². The predicted molar refractivity (Wildman–Crippen MR) is 127 cm³/mol. The van der Waals surface area contributed by atoms with E-state index >= 15 is 0 Å². The van der Waals surface area contributed by atoms with Gasteiger partial charge in [-0.25, -0.2) is 4.79 Å². The summed E-state index contributed by atoms with van der Waals surface area (Å²) in [7, 11) is 0. The maximum atomic E-state index is 13.4. The number of nitrogens with one attached hydrogen (secondary N) is 1. The maximum Gasteiger partial charge on any atom is 0.336 e. The van der Waals surface area contributed by atoms with E-state index in [0.717, 1.165) is 57.8 Å². The highest BCUT2D eigenvalue weighted by Crippen LogP contribution is 2.36. The first kappa shape index (κ1) is 23.9. The molecular formula is C27H31NO6. The number of Topliss-reactive ketones (excluding diaryl/α,β-unsaturated/α-hetero) is 1. The number of hydrogen-bond donors (Lipinski definition) is 2. The van der Waals surface area contributed by atoms with Gasteiger partial charge in [-0.15, -0.1) is 0 Å². The number of carboxylic acid groups (broad SMARTS) is 1. The van der Waals surface area contributed by atoms with Crippen LogP contribution in [-0.4, -0.2) is 35.3 Å². The van der Waals surface area contributed by atoms with Gasteiger partial charge in [-0.2, -0.15) is 0 Å². The zero-order valence-electron chi connectivity index (χ0n) is 19.3. The first-order valence-corrected chi connectivity index (χ1v) is 12.3. The normalized spacial score (nSPS) is 17.3. The summed E-state index contributed by atoms with van der Waals surface area (Å²) in [5, 5.41) is 13.3. The van der Waals surface area contributed by atoms with Crippen LogP contribution in [0, 0.1) is 5.92 Å². The Bertz CT molecular complexity index is 1100. The number of rotatable bonds is 8. The van der Waals surface area contributed by atoms with Crippen molar-refractivity contribution in [2.75, 3.05) is 0 Å². The number of hydrogen-bond acceptors (Lipinski definition) is 5. The van der Waals surface area contributed by atoms with Crippen LogP contribution in [0.15, 0.2) is 24.3 Å². The molecule has 34 heavy (non-hydrogen) atoms. The average Bonchev–Trinajstić information content (AvgIpc) is 2.84. The van der Waals surface area contributed by atoms with Gasteiger partial charge in [-0.3, -0.25) is 14.4 Å². The second kappa shape index (κ2) is 10.8. The molecule has 7 heteroatoms. The minimum atomic E-state index is -1.21. The Morgan fingerprint density at radius 3 is 2.12 bits per heavy atom. The molecule has 0 aromatic heterocycles. The lowest BCUT2D eigenvalue weighted by Crippen LogP contribution is -2.36. The summed E-state index contributed by atoms with van der Waals surface area (Å²) < 4.78 is 5.15. The van der Waals surface area contributed by atoms with E-state index in [9.17, 15) is 24.3 Å². The van der Waals surface area contributed by atoms with Crippen LogP contribution in [0.25, 0.3) is 10.8 Å². The first-order valence-electron chi connectivity index (χ1n) is 12.3. The van der Waals surface area contributed by atoms with Gasteiger partial charge in [0.15, 0.2) is 5.78 Å². The van der Waals surface area contributed by atoms with Gasteiger partial charge in [-0.1, -0.05) is 51.4 Å². The summed E-state index contributed by atoms with van der Waals surface area (Å²) in [4.78, 5) is 50.0. The first-order chi connectivity index (χ1) is 16.5. The van der Waals surface area contributed by atoms with Gasteiger partial charge >= 0.3 is 5.97 Å². The molecule has 4 rings (SSSR count). The number of ether oxygens (including phenoxy) is 1. The predicted octanol–water partition coefficient (Wildman–Crippen LogP) is 5.29. The molecule has 0 heterocycles. The molecule has 0 radical (unpaired) electrons. The fourth-order valence-corrected chi connectivity index (χ4v) is 5.49. The minimum Gasteiger partial charge on any atom is -0.478 e. The third kappa shape index (κ3) is 5.13. The molecule has 2 fully saturated rings. The lowest BCUT2D eigenvalue weighted by atomic mass is 9.83. The smallest absolute Gasteiger partial charge is 0.336 e. The molecular weight excluding hydrogens is 434 g/mol. The van der Waals surface area contributed by atoms with Crippen molar-refractivity contribution >= 4 is 34.9 Å². The average molecular weight is 466 g/mol. The molecule has 1 amide bonds. The highest BCUT2D eigenvalue weighted by molar-refractivity contribution is 6.21. The van der Waals surface area contributed by atoms with E-state index in [1.165, 1.54) is 30.7 Å². The van der Waals surface area contributed by atoms with Crippen molar-refractivity contribution in [3.8, 4) is 5.75 Å². The number of carboxylic acids is 1. The Balaban J connectivity index is 1.81. The molecule has 2 aliphatic carbocycles. The Morgan fingerprint density at radius 1 is 0.853 bits per heavy atom. The fourth-order valence-electron chi connectivity index (χ4n) is 5.49. The Labute approximate surface area is 198 Å². The summed E-state index contributed by atoms with van der Waals surface area (Å²) in [6, 6.07) is 5.84. The van der Waals surface area contributed by atoms with E-state index in [1.807, 2.05) is 0 Å². The van der Waals surface area contributed by atoms with E-state index in [0.29, 0.717) is 6.42 Å². The van der Waals surface area contributed by atoms with Crippen LogP contribution in [0.5, 0.6) is 5.75 Å². The molecule has 2 aliphatic rings.